The van der Waals surface area contributed by atoms with Crippen LogP contribution in [0.4, 0.5) is 10.1 Å². The number of hydrogen-bond donors (Lipinski definition) is 1. The quantitative estimate of drug-likeness (QED) is 0.692. The summed E-state index contributed by atoms with van der Waals surface area (Å²) in [6.07, 6.45) is 2.13. The van der Waals surface area contributed by atoms with Gasteiger partial charge in [-0.2, -0.15) is 0 Å². The third kappa shape index (κ3) is 4.48. The van der Waals surface area contributed by atoms with Crippen molar-refractivity contribution in [2.75, 3.05) is 11.3 Å². The molecule has 1 aliphatic rings. The van der Waals surface area contributed by atoms with E-state index >= 15 is 0 Å². The third-order valence-corrected chi connectivity index (χ3v) is 6.02. The molecule has 29 heavy (non-hydrogen) atoms. The van der Waals surface area contributed by atoms with Gasteiger partial charge in [-0.3, -0.25) is 9.52 Å². The number of rotatable bonds is 5. The number of carbonyl (C=O) groups is 1. The highest BCUT2D eigenvalue weighted by molar-refractivity contribution is 7.91. The molecule has 0 aliphatic carbocycles. The number of benzene rings is 2. The molecule has 150 valence electrons. The molecule has 0 saturated heterocycles. The Balaban J connectivity index is 1.49. The van der Waals surface area contributed by atoms with Gasteiger partial charge in [0.1, 0.15) is 5.82 Å². The van der Waals surface area contributed by atoms with E-state index in [0.717, 1.165) is 11.1 Å². The first kappa shape index (κ1) is 19.2. The van der Waals surface area contributed by atoms with Gasteiger partial charge in [0, 0.05) is 18.8 Å². The van der Waals surface area contributed by atoms with Crippen LogP contribution in [0.5, 0.6) is 0 Å². The van der Waals surface area contributed by atoms with E-state index in [0.29, 0.717) is 30.8 Å². The fourth-order valence-corrected chi connectivity index (χ4v) is 4.59. The normalized spacial score (nSPS) is 13.8. The monoisotopic (exact) mass is 414 g/mol. The zero-order valence-electron chi connectivity index (χ0n) is 15.5. The van der Waals surface area contributed by atoms with Crippen molar-refractivity contribution in [2.24, 2.45) is 0 Å². The minimum Gasteiger partial charge on any atom is -0.459 e. The molecule has 8 heteroatoms. The molecule has 2 aromatic carbocycles. The van der Waals surface area contributed by atoms with E-state index in [4.69, 9.17) is 4.42 Å². The van der Waals surface area contributed by atoms with Gasteiger partial charge in [0.2, 0.25) is 10.0 Å². The average Bonchev–Trinajstić information content (AvgIpc) is 3.21. The predicted molar refractivity (Wildman–Crippen MR) is 106 cm³/mol. The Labute approximate surface area is 168 Å². The van der Waals surface area contributed by atoms with Gasteiger partial charge in [0.15, 0.2) is 5.76 Å². The summed E-state index contributed by atoms with van der Waals surface area (Å²) in [7, 11) is -3.71. The minimum atomic E-state index is -3.71. The number of amides is 1. The van der Waals surface area contributed by atoms with Gasteiger partial charge in [0.25, 0.3) is 5.91 Å². The smallest absolute Gasteiger partial charge is 0.289 e. The molecule has 3 aromatic rings. The van der Waals surface area contributed by atoms with E-state index in [1.165, 1.54) is 24.5 Å². The molecule has 1 amide bonds. The number of nitrogens with zero attached hydrogens (tertiary/aromatic N) is 1. The molecule has 0 fully saturated rings. The van der Waals surface area contributed by atoms with Crippen molar-refractivity contribution in [1.29, 1.82) is 0 Å². The average molecular weight is 414 g/mol. The zero-order valence-corrected chi connectivity index (χ0v) is 16.3. The minimum absolute atomic E-state index is 0.197. The number of sulfonamides is 1. The fraction of sp³-hybridized carbons (Fsp3) is 0.190. The molecule has 6 nitrogen and oxygen atoms in total. The Kier molecular flexibility index (Phi) is 5.10. The lowest BCUT2D eigenvalue weighted by molar-refractivity contribution is 0.0702. The molecule has 0 saturated carbocycles. The molecular weight excluding hydrogens is 395 g/mol. The summed E-state index contributed by atoms with van der Waals surface area (Å²) < 4.78 is 46.0. The molecule has 0 radical (unpaired) electrons. The molecule has 1 N–H and O–H groups in total. The highest BCUT2D eigenvalue weighted by Gasteiger charge is 2.24. The maximum atomic E-state index is 13.3. The summed E-state index contributed by atoms with van der Waals surface area (Å²) in [6, 6.07) is 14.1. The zero-order chi connectivity index (χ0) is 20.4. The highest BCUT2D eigenvalue weighted by atomic mass is 32.2. The highest BCUT2D eigenvalue weighted by Crippen LogP contribution is 2.25. The van der Waals surface area contributed by atoms with Gasteiger partial charge in [-0.15, -0.1) is 0 Å². The van der Waals surface area contributed by atoms with E-state index in [1.54, 1.807) is 35.2 Å². The number of carbonyl (C=O) groups excluding carboxylic acids is 1. The predicted octanol–water partition coefficient (Wildman–Crippen LogP) is 3.56. The summed E-state index contributed by atoms with van der Waals surface area (Å²) in [5, 5.41) is 0. The first-order valence-electron chi connectivity index (χ1n) is 9.09. The molecule has 0 atom stereocenters. The summed E-state index contributed by atoms with van der Waals surface area (Å²) in [5.74, 6) is -0.726. The molecule has 4 rings (SSSR count). The number of nitrogens with one attached hydrogen (secondary N) is 1. The second kappa shape index (κ2) is 7.71. The molecule has 0 bridgehead atoms. The summed E-state index contributed by atoms with van der Waals surface area (Å²) >= 11 is 0. The lowest BCUT2D eigenvalue weighted by Gasteiger charge is -2.28. The van der Waals surface area contributed by atoms with Crippen LogP contribution in [0.1, 0.15) is 27.2 Å². The van der Waals surface area contributed by atoms with Gasteiger partial charge in [-0.05, 0) is 59.5 Å². The van der Waals surface area contributed by atoms with Crippen LogP contribution in [0.25, 0.3) is 0 Å². The Morgan fingerprint density at radius 1 is 1.10 bits per heavy atom. The number of fused-ring (bicyclic) bond motifs is 1. The number of furan rings is 1. The van der Waals surface area contributed by atoms with E-state index in [9.17, 15) is 17.6 Å². The van der Waals surface area contributed by atoms with Crippen LogP contribution in [-0.4, -0.2) is 25.8 Å². The lowest BCUT2D eigenvalue weighted by atomic mass is 9.99. The van der Waals surface area contributed by atoms with E-state index in [-0.39, 0.29) is 17.4 Å². The van der Waals surface area contributed by atoms with Crippen molar-refractivity contribution in [1.82, 2.24) is 4.90 Å². The van der Waals surface area contributed by atoms with Crippen molar-refractivity contribution in [3.05, 3.63) is 89.1 Å². The van der Waals surface area contributed by atoms with Gasteiger partial charge >= 0.3 is 0 Å². The second-order valence-electron chi connectivity index (χ2n) is 6.93. The molecule has 2 heterocycles. The van der Waals surface area contributed by atoms with Crippen molar-refractivity contribution >= 4 is 21.6 Å². The second-order valence-corrected chi connectivity index (χ2v) is 8.65. The van der Waals surface area contributed by atoms with Crippen molar-refractivity contribution in [2.45, 2.75) is 18.7 Å². The van der Waals surface area contributed by atoms with Crippen LogP contribution in [-0.2, 0) is 28.7 Å². The first-order valence-corrected chi connectivity index (χ1v) is 10.7. The Bertz CT molecular complexity index is 1140. The van der Waals surface area contributed by atoms with Crippen LogP contribution < -0.4 is 4.72 Å². The van der Waals surface area contributed by atoms with Crippen molar-refractivity contribution in [3.63, 3.8) is 0 Å². The molecule has 0 unspecified atom stereocenters. The Hall–Kier alpha value is -3.13. The largest absolute Gasteiger partial charge is 0.459 e. The van der Waals surface area contributed by atoms with Gasteiger partial charge < -0.3 is 9.32 Å². The van der Waals surface area contributed by atoms with Crippen LogP contribution in [0, 0.1) is 5.82 Å². The van der Waals surface area contributed by atoms with E-state index < -0.39 is 15.8 Å². The topological polar surface area (TPSA) is 79.6 Å². The SMILES string of the molecule is O=C(c1ccco1)N1CCc2ccc(NS(=O)(=O)Cc3cccc(F)c3)cc2C1. The van der Waals surface area contributed by atoms with Crippen LogP contribution in [0.3, 0.4) is 0 Å². The van der Waals surface area contributed by atoms with E-state index in [1.807, 2.05) is 6.07 Å². The Morgan fingerprint density at radius 3 is 2.72 bits per heavy atom. The van der Waals surface area contributed by atoms with Gasteiger partial charge in [-0.1, -0.05) is 18.2 Å². The maximum Gasteiger partial charge on any atom is 0.289 e. The summed E-state index contributed by atoms with van der Waals surface area (Å²) in [6.45, 7) is 0.936. The lowest BCUT2D eigenvalue weighted by Crippen LogP contribution is -2.35. The third-order valence-electron chi connectivity index (χ3n) is 4.76. The van der Waals surface area contributed by atoms with Crippen LogP contribution in [0.2, 0.25) is 0 Å². The summed E-state index contributed by atoms with van der Waals surface area (Å²) in [4.78, 5) is 14.2. The number of halogens is 1. The van der Waals surface area contributed by atoms with Crippen molar-refractivity contribution in [3.8, 4) is 0 Å². The van der Waals surface area contributed by atoms with Crippen molar-refractivity contribution < 1.29 is 22.0 Å². The van der Waals surface area contributed by atoms with Crippen LogP contribution in [0.15, 0.2) is 65.3 Å². The van der Waals surface area contributed by atoms with E-state index in [2.05, 4.69) is 4.72 Å². The molecule has 0 spiro atoms. The Morgan fingerprint density at radius 2 is 1.97 bits per heavy atom. The van der Waals surface area contributed by atoms with Crippen LogP contribution >= 0.6 is 0 Å². The molecular formula is C21H19FN2O4S. The standard InChI is InChI=1S/C21H19FN2O4S/c22-18-4-1-3-15(11-18)14-29(26,27)23-19-7-6-16-8-9-24(13-17(16)12-19)21(25)20-5-2-10-28-20/h1-7,10-12,23H,8-9,13-14H2. The van der Waals surface area contributed by atoms with Gasteiger partial charge in [0.05, 0.1) is 12.0 Å². The molecule has 1 aliphatic heterocycles. The number of anilines is 1. The summed E-state index contributed by atoms with van der Waals surface area (Å²) in [5.41, 5.74) is 2.72. The number of hydrogen-bond acceptors (Lipinski definition) is 4. The fourth-order valence-electron chi connectivity index (χ4n) is 3.41. The first-order chi connectivity index (χ1) is 13.9. The molecule has 1 aromatic heterocycles. The maximum absolute atomic E-state index is 13.3. The van der Waals surface area contributed by atoms with Gasteiger partial charge in [-0.25, -0.2) is 12.8 Å².